The summed E-state index contributed by atoms with van der Waals surface area (Å²) in [4.78, 5) is 9.01. The predicted molar refractivity (Wildman–Crippen MR) is 113 cm³/mol. The summed E-state index contributed by atoms with van der Waals surface area (Å²) in [5, 5.41) is 14.0. The zero-order chi connectivity index (χ0) is 18.9. The number of H-pyrrole nitrogens is 1. The molecule has 0 aliphatic heterocycles. The minimum atomic E-state index is 0.503. The minimum absolute atomic E-state index is 0.503. The maximum Gasteiger partial charge on any atom is 0.229 e. The van der Waals surface area contributed by atoms with Crippen molar-refractivity contribution in [3.63, 3.8) is 0 Å². The van der Waals surface area contributed by atoms with Gasteiger partial charge in [0.25, 0.3) is 0 Å². The van der Waals surface area contributed by atoms with E-state index in [1.807, 2.05) is 59.4 Å². The van der Waals surface area contributed by atoms with E-state index in [4.69, 9.17) is 0 Å². The third-order valence-electron chi connectivity index (χ3n) is 4.64. The van der Waals surface area contributed by atoms with Gasteiger partial charge >= 0.3 is 0 Å². The van der Waals surface area contributed by atoms with Crippen LogP contribution in [0.15, 0.2) is 65.5 Å². The van der Waals surface area contributed by atoms with Crippen LogP contribution in [0.1, 0.15) is 24.5 Å². The Balaban J connectivity index is 1.40. The van der Waals surface area contributed by atoms with E-state index < -0.39 is 0 Å². The first-order valence-electron chi connectivity index (χ1n) is 9.10. The molecule has 140 valence electrons. The highest BCUT2D eigenvalue weighted by Gasteiger charge is 2.25. The van der Waals surface area contributed by atoms with Crippen LogP contribution >= 0.6 is 15.9 Å². The molecule has 1 aliphatic carbocycles. The highest BCUT2D eigenvalue weighted by Crippen LogP contribution is 2.39. The number of nitrogens with one attached hydrogen (secondary N) is 3. The molecule has 1 aromatic carbocycles. The maximum atomic E-state index is 4.61. The summed E-state index contributed by atoms with van der Waals surface area (Å²) in [6.45, 7) is 0. The lowest BCUT2D eigenvalue weighted by atomic mass is 10.2. The summed E-state index contributed by atoms with van der Waals surface area (Å²) in [7, 11) is 0. The molecule has 4 aromatic rings. The van der Waals surface area contributed by atoms with Gasteiger partial charge in [-0.05, 0) is 53.0 Å². The van der Waals surface area contributed by atoms with Gasteiger partial charge in [0.2, 0.25) is 5.95 Å². The summed E-state index contributed by atoms with van der Waals surface area (Å²) in [6.07, 6.45) is 8.20. The Morgan fingerprint density at radius 1 is 1.07 bits per heavy atom. The Hall–Kier alpha value is -3.13. The van der Waals surface area contributed by atoms with E-state index in [1.54, 1.807) is 6.20 Å². The fourth-order valence-corrected chi connectivity index (χ4v) is 3.35. The Kier molecular flexibility index (Phi) is 4.32. The quantitative estimate of drug-likeness (QED) is 0.391. The van der Waals surface area contributed by atoms with Crippen molar-refractivity contribution < 1.29 is 0 Å². The molecule has 0 atom stereocenters. The second-order valence-electron chi connectivity index (χ2n) is 6.73. The van der Waals surface area contributed by atoms with Crippen LogP contribution in [0.2, 0.25) is 0 Å². The largest absolute Gasteiger partial charge is 0.322 e. The summed E-state index contributed by atoms with van der Waals surface area (Å²) < 4.78 is 2.82. The van der Waals surface area contributed by atoms with Crippen LogP contribution in [-0.2, 0) is 0 Å². The first-order valence-corrected chi connectivity index (χ1v) is 9.90. The molecular weight excluding hydrogens is 418 g/mol. The van der Waals surface area contributed by atoms with Crippen molar-refractivity contribution in [2.24, 2.45) is 0 Å². The first kappa shape index (κ1) is 17.0. The molecule has 3 N–H and O–H groups in total. The number of halogens is 1. The van der Waals surface area contributed by atoms with E-state index in [9.17, 15) is 0 Å². The van der Waals surface area contributed by atoms with Gasteiger partial charge in [-0.1, -0.05) is 12.1 Å². The fraction of sp³-hybridized carbons (Fsp3) is 0.150. The summed E-state index contributed by atoms with van der Waals surface area (Å²) >= 11 is 3.51. The summed E-state index contributed by atoms with van der Waals surface area (Å²) in [6, 6.07) is 14.1. The zero-order valence-electron chi connectivity index (χ0n) is 14.9. The van der Waals surface area contributed by atoms with Gasteiger partial charge in [-0.25, -0.2) is 4.98 Å². The summed E-state index contributed by atoms with van der Waals surface area (Å²) in [5.74, 6) is 2.53. The van der Waals surface area contributed by atoms with Gasteiger partial charge in [0, 0.05) is 36.3 Å². The van der Waals surface area contributed by atoms with Crippen molar-refractivity contribution >= 4 is 39.2 Å². The van der Waals surface area contributed by atoms with Crippen LogP contribution in [0.25, 0.3) is 5.69 Å². The van der Waals surface area contributed by atoms with Crippen molar-refractivity contribution in [2.45, 2.75) is 18.8 Å². The molecule has 5 rings (SSSR count). The van der Waals surface area contributed by atoms with Crippen molar-refractivity contribution in [2.75, 3.05) is 10.6 Å². The van der Waals surface area contributed by atoms with Gasteiger partial charge in [0.05, 0.1) is 15.8 Å². The lowest BCUT2D eigenvalue weighted by molar-refractivity contribution is 0.966. The van der Waals surface area contributed by atoms with E-state index in [2.05, 4.69) is 46.7 Å². The molecule has 7 nitrogen and oxygen atoms in total. The monoisotopic (exact) mass is 435 g/mol. The van der Waals surface area contributed by atoms with Crippen LogP contribution in [0.4, 0.5) is 23.3 Å². The lowest BCUT2D eigenvalue weighted by Crippen LogP contribution is -2.04. The fourth-order valence-electron chi connectivity index (χ4n) is 3.06. The first-order chi connectivity index (χ1) is 13.8. The van der Waals surface area contributed by atoms with Crippen LogP contribution in [0, 0.1) is 0 Å². The van der Waals surface area contributed by atoms with Gasteiger partial charge in [0.15, 0.2) is 11.6 Å². The van der Waals surface area contributed by atoms with E-state index in [0.29, 0.717) is 17.7 Å². The maximum absolute atomic E-state index is 4.61. The van der Waals surface area contributed by atoms with Gasteiger partial charge < -0.3 is 15.2 Å². The highest BCUT2D eigenvalue weighted by molar-refractivity contribution is 9.10. The van der Waals surface area contributed by atoms with Crippen LogP contribution in [0.3, 0.4) is 0 Å². The van der Waals surface area contributed by atoms with Crippen molar-refractivity contribution in [1.82, 2.24) is 24.7 Å². The Labute approximate surface area is 170 Å². The third-order valence-corrected chi connectivity index (χ3v) is 5.22. The normalized spacial score (nSPS) is 13.5. The van der Waals surface area contributed by atoms with E-state index in [1.165, 1.54) is 18.5 Å². The smallest absolute Gasteiger partial charge is 0.229 e. The van der Waals surface area contributed by atoms with Gasteiger partial charge in [-0.2, -0.15) is 10.1 Å². The third kappa shape index (κ3) is 3.50. The van der Waals surface area contributed by atoms with Crippen molar-refractivity contribution in [1.29, 1.82) is 0 Å². The topological polar surface area (TPSA) is 83.5 Å². The number of benzene rings is 1. The molecule has 0 unspecified atom stereocenters. The molecule has 0 spiro atoms. The Morgan fingerprint density at radius 3 is 2.71 bits per heavy atom. The number of hydrogen-bond donors (Lipinski definition) is 3. The number of nitrogens with zero attached hydrogens (tertiary/aromatic N) is 4. The molecule has 0 radical (unpaired) electrons. The molecular formula is C20H18BrN7. The van der Waals surface area contributed by atoms with Crippen molar-refractivity contribution in [3.8, 4) is 5.69 Å². The van der Waals surface area contributed by atoms with Gasteiger partial charge in [0.1, 0.15) is 0 Å². The molecule has 3 heterocycles. The van der Waals surface area contributed by atoms with Gasteiger partial charge in [-0.15, -0.1) is 0 Å². The number of aromatic amines is 1. The number of hydrogen-bond acceptors (Lipinski definition) is 5. The van der Waals surface area contributed by atoms with Crippen LogP contribution in [-0.4, -0.2) is 24.7 Å². The molecule has 0 amide bonds. The number of para-hydroxylation sites is 2. The Morgan fingerprint density at radius 2 is 1.89 bits per heavy atom. The number of rotatable bonds is 6. The van der Waals surface area contributed by atoms with Crippen LogP contribution in [0.5, 0.6) is 0 Å². The molecule has 1 fully saturated rings. The standard InChI is InChI=1S/C20H18BrN7/c21-14-12-22-20(23-15-5-1-2-6-17(15)28-9-3-4-10-28)25-19(14)24-18-11-16(26-27-18)13-7-8-13/h1-6,9-13H,7-8H2,(H3,22,23,24,25,26,27). The minimum Gasteiger partial charge on any atom is -0.322 e. The van der Waals surface area contributed by atoms with Crippen LogP contribution < -0.4 is 10.6 Å². The second kappa shape index (κ2) is 7.12. The van der Waals surface area contributed by atoms with E-state index in [-0.39, 0.29) is 0 Å². The van der Waals surface area contributed by atoms with Crippen molar-refractivity contribution in [3.05, 3.63) is 71.2 Å². The predicted octanol–water partition coefficient (Wildman–Crippen LogP) is 5.12. The summed E-state index contributed by atoms with van der Waals surface area (Å²) in [5.41, 5.74) is 3.12. The zero-order valence-corrected chi connectivity index (χ0v) is 16.5. The average Bonchev–Trinajstić information content (AvgIpc) is 3.22. The van der Waals surface area contributed by atoms with E-state index >= 15 is 0 Å². The highest BCUT2D eigenvalue weighted by atomic mass is 79.9. The molecule has 28 heavy (non-hydrogen) atoms. The van der Waals surface area contributed by atoms with Gasteiger partial charge in [-0.3, -0.25) is 5.10 Å². The SMILES string of the molecule is Brc1cnc(Nc2ccccc2-n2cccc2)nc1Nc1cc(C2CC2)[nH]n1. The average molecular weight is 436 g/mol. The number of anilines is 4. The van der Waals surface area contributed by atoms with E-state index in [0.717, 1.165) is 21.7 Å². The molecule has 0 bridgehead atoms. The number of aromatic nitrogens is 5. The Bertz CT molecular complexity index is 1100. The second-order valence-corrected chi connectivity index (χ2v) is 7.58. The molecule has 3 aromatic heterocycles. The lowest BCUT2D eigenvalue weighted by Gasteiger charge is -2.13. The molecule has 1 saturated carbocycles. The molecule has 0 saturated heterocycles. The molecule has 8 heteroatoms. The molecule has 1 aliphatic rings.